The van der Waals surface area contributed by atoms with E-state index in [4.69, 9.17) is 16.0 Å². The average Bonchev–Trinajstić information content (AvgIpc) is 3.15. The number of furan rings is 1. The molecular formula is C21H12ClN3O6. The number of nitrogens with zero attached hydrogens (tertiary/aromatic N) is 3. The van der Waals surface area contributed by atoms with Crippen LogP contribution in [0.2, 0.25) is 5.28 Å². The summed E-state index contributed by atoms with van der Waals surface area (Å²) in [6.07, 6.45) is 0. The van der Waals surface area contributed by atoms with Gasteiger partial charge in [-0.2, -0.15) is 9.97 Å². The summed E-state index contributed by atoms with van der Waals surface area (Å²) in [5.41, 5.74) is 1.26. The molecule has 0 bridgehead atoms. The number of rotatable bonds is 2. The van der Waals surface area contributed by atoms with Crippen LogP contribution >= 0.6 is 11.6 Å². The van der Waals surface area contributed by atoms with Crippen LogP contribution < -0.4 is 0 Å². The smallest absolute Gasteiger partial charge is 0.226 e. The van der Waals surface area contributed by atoms with Gasteiger partial charge in [0.25, 0.3) is 0 Å². The van der Waals surface area contributed by atoms with E-state index in [2.05, 4.69) is 15.0 Å². The Morgan fingerprint density at radius 1 is 0.645 bits per heavy atom. The van der Waals surface area contributed by atoms with Gasteiger partial charge in [0.05, 0.1) is 0 Å². The van der Waals surface area contributed by atoms with Gasteiger partial charge in [-0.25, -0.2) is 4.98 Å². The van der Waals surface area contributed by atoms with E-state index in [1.807, 2.05) is 24.3 Å². The highest BCUT2D eigenvalue weighted by atomic mass is 35.5. The molecule has 0 amide bonds. The molecule has 5 aromatic rings. The molecule has 0 atom stereocenters. The van der Waals surface area contributed by atoms with Gasteiger partial charge in [-0.15, -0.1) is 0 Å². The second-order valence-electron chi connectivity index (χ2n) is 6.65. The molecule has 0 unspecified atom stereocenters. The summed E-state index contributed by atoms with van der Waals surface area (Å²) < 4.78 is 5.86. The molecule has 154 valence electrons. The zero-order valence-corrected chi connectivity index (χ0v) is 16.2. The van der Waals surface area contributed by atoms with Crippen molar-refractivity contribution in [1.82, 2.24) is 15.0 Å². The topological polar surface area (TPSA) is 153 Å². The van der Waals surface area contributed by atoms with Crippen LogP contribution in [-0.2, 0) is 0 Å². The van der Waals surface area contributed by atoms with E-state index < -0.39 is 34.3 Å². The van der Waals surface area contributed by atoms with Gasteiger partial charge in [-0.3, -0.25) is 0 Å². The summed E-state index contributed by atoms with van der Waals surface area (Å²) in [7, 11) is 0. The van der Waals surface area contributed by atoms with Gasteiger partial charge in [0.1, 0.15) is 16.7 Å². The molecule has 10 heteroatoms. The Morgan fingerprint density at radius 2 is 1.26 bits per heavy atom. The minimum atomic E-state index is -1.09. The molecule has 3 aromatic carbocycles. The third kappa shape index (κ3) is 2.75. The summed E-state index contributed by atoms with van der Waals surface area (Å²) in [4.78, 5) is 12.3. The lowest BCUT2D eigenvalue weighted by molar-refractivity contribution is 0.329. The predicted octanol–water partition coefficient (Wildman–Crippen LogP) is 4.29. The van der Waals surface area contributed by atoms with Crippen molar-refractivity contribution in [2.75, 3.05) is 0 Å². The van der Waals surface area contributed by atoms with Crippen LogP contribution in [0.1, 0.15) is 0 Å². The Labute approximate surface area is 178 Å². The fraction of sp³-hybridized carbons (Fsp3) is 0. The monoisotopic (exact) mass is 437 g/mol. The van der Waals surface area contributed by atoms with Gasteiger partial charge in [-0.05, 0) is 23.7 Å². The van der Waals surface area contributed by atoms with E-state index >= 15 is 0 Å². The van der Waals surface area contributed by atoms with Crippen LogP contribution in [0.25, 0.3) is 44.7 Å². The largest absolute Gasteiger partial charge is 0.504 e. The predicted molar refractivity (Wildman–Crippen MR) is 111 cm³/mol. The highest BCUT2D eigenvalue weighted by molar-refractivity contribution is 6.28. The normalized spacial score (nSPS) is 11.4. The molecule has 0 saturated carbocycles. The summed E-state index contributed by atoms with van der Waals surface area (Å²) >= 11 is 6.09. The van der Waals surface area contributed by atoms with Crippen molar-refractivity contribution in [1.29, 1.82) is 0 Å². The highest BCUT2D eigenvalue weighted by Crippen LogP contribution is 2.54. The Kier molecular flexibility index (Phi) is 4.02. The summed E-state index contributed by atoms with van der Waals surface area (Å²) in [5, 5.41) is 51.0. The Morgan fingerprint density at radius 3 is 2.00 bits per heavy atom. The highest BCUT2D eigenvalue weighted by Gasteiger charge is 2.27. The van der Waals surface area contributed by atoms with Crippen LogP contribution in [0.5, 0.6) is 28.7 Å². The number of phenols is 5. The Hall–Kier alpha value is -4.24. The van der Waals surface area contributed by atoms with Gasteiger partial charge in [0.2, 0.25) is 22.5 Å². The average molecular weight is 438 g/mol. The first-order chi connectivity index (χ1) is 14.9. The number of aromatic hydroxyl groups is 5. The number of fused-ring (bicyclic) bond motifs is 3. The third-order valence-corrected chi connectivity index (χ3v) is 5.02. The van der Waals surface area contributed by atoms with E-state index in [0.29, 0.717) is 16.7 Å². The quantitative estimate of drug-likeness (QED) is 0.201. The molecule has 0 saturated heterocycles. The van der Waals surface area contributed by atoms with E-state index in [1.54, 1.807) is 18.2 Å². The minimum Gasteiger partial charge on any atom is -0.504 e. The second-order valence-corrected chi connectivity index (χ2v) is 6.98. The number of hydrogen-bond acceptors (Lipinski definition) is 9. The lowest BCUT2D eigenvalue weighted by Crippen LogP contribution is -1.98. The van der Waals surface area contributed by atoms with E-state index in [0.717, 1.165) is 10.8 Å². The van der Waals surface area contributed by atoms with Crippen molar-refractivity contribution in [2.24, 2.45) is 0 Å². The van der Waals surface area contributed by atoms with Crippen molar-refractivity contribution in [3.8, 4) is 51.5 Å². The number of phenolic OH excluding ortho intramolecular Hbond substituents is 5. The molecule has 0 spiro atoms. The van der Waals surface area contributed by atoms with Crippen LogP contribution in [0.4, 0.5) is 0 Å². The molecular weight excluding hydrogens is 426 g/mol. The standard InChI is InChI=1S/C21H12ClN3O6/c22-21-24-19(9-5-3-7-11-12(9)8-4-1-2-6-10(8)31-11)23-20(25-21)13-14(26)16(28)18(30)17(29)15(13)27/h1-7,26-30H. The van der Waals surface area contributed by atoms with Crippen LogP contribution in [0, 0.1) is 0 Å². The Bertz CT molecular complexity index is 1490. The maximum Gasteiger partial charge on any atom is 0.226 e. The van der Waals surface area contributed by atoms with Gasteiger partial charge in [-0.1, -0.05) is 30.3 Å². The minimum absolute atomic E-state index is 0.0954. The summed E-state index contributed by atoms with van der Waals surface area (Å²) in [6, 6.07) is 12.7. The summed E-state index contributed by atoms with van der Waals surface area (Å²) in [5.74, 6) is -5.30. The molecule has 0 fully saturated rings. The molecule has 31 heavy (non-hydrogen) atoms. The SMILES string of the molecule is Oc1c(O)c(O)c(-c2nc(Cl)nc(-c3cccc4oc5ccccc5c34)n2)c(O)c1O. The van der Waals surface area contributed by atoms with Gasteiger partial charge in [0.15, 0.2) is 23.1 Å². The number of aromatic nitrogens is 3. The number of halogens is 1. The van der Waals surface area contributed by atoms with Gasteiger partial charge < -0.3 is 29.9 Å². The van der Waals surface area contributed by atoms with Crippen molar-refractivity contribution in [3.05, 3.63) is 47.7 Å². The van der Waals surface area contributed by atoms with Crippen LogP contribution in [0.15, 0.2) is 46.9 Å². The molecule has 0 aliphatic heterocycles. The first-order valence-corrected chi connectivity index (χ1v) is 9.26. The molecule has 0 aliphatic carbocycles. The van der Waals surface area contributed by atoms with Gasteiger partial charge >= 0.3 is 0 Å². The third-order valence-electron chi connectivity index (χ3n) is 4.85. The maximum absolute atomic E-state index is 10.2. The molecule has 2 heterocycles. The fourth-order valence-electron chi connectivity index (χ4n) is 3.44. The van der Waals surface area contributed by atoms with Crippen LogP contribution in [0.3, 0.4) is 0 Å². The van der Waals surface area contributed by atoms with Crippen LogP contribution in [-0.4, -0.2) is 40.5 Å². The number of benzene rings is 3. The van der Waals surface area contributed by atoms with Crippen molar-refractivity contribution < 1.29 is 29.9 Å². The lowest BCUT2D eigenvalue weighted by Gasteiger charge is -2.12. The summed E-state index contributed by atoms with van der Waals surface area (Å²) in [6.45, 7) is 0. The first-order valence-electron chi connectivity index (χ1n) is 8.88. The van der Waals surface area contributed by atoms with Gasteiger partial charge in [0, 0.05) is 16.3 Å². The molecule has 9 nitrogen and oxygen atoms in total. The zero-order chi connectivity index (χ0) is 21.9. The Balaban J connectivity index is 1.81. The van der Waals surface area contributed by atoms with Crippen molar-refractivity contribution >= 4 is 33.5 Å². The molecule has 0 aliphatic rings. The van der Waals surface area contributed by atoms with Crippen molar-refractivity contribution in [2.45, 2.75) is 0 Å². The van der Waals surface area contributed by atoms with E-state index in [-0.39, 0.29) is 16.9 Å². The molecule has 5 N–H and O–H groups in total. The molecule has 0 radical (unpaired) electrons. The zero-order valence-electron chi connectivity index (χ0n) is 15.4. The fourth-order valence-corrected chi connectivity index (χ4v) is 3.60. The lowest BCUT2D eigenvalue weighted by atomic mass is 10.1. The first kappa shape index (κ1) is 18.8. The number of para-hydroxylation sites is 1. The number of hydrogen-bond donors (Lipinski definition) is 5. The van der Waals surface area contributed by atoms with E-state index in [9.17, 15) is 25.5 Å². The van der Waals surface area contributed by atoms with E-state index in [1.165, 1.54) is 0 Å². The maximum atomic E-state index is 10.2. The molecule has 5 rings (SSSR count). The second kappa shape index (κ2) is 6.64. The van der Waals surface area contributed by atoms with Crippen molar-refractivity contribution in [3.63, 3.8) is 0 Å². The molecule has 2 aromatic heterocycles.